The third-order valence-electron chi connectivity index (χ3n) is 3.58. The monoisotopic (exact) mass is 284 g/mol. The number of carbonyl (C=O) groups excluding carboxylic acids is 1. The van der Waals surface area contributed by atoms with E-state index in [-0.39, 0.29) is 6.09 Å². The van der Waals surface area contributed by atoms with Crippen LogP contribution in [0, 0.1) is 6.07 Å². The Morgan fingerprint density at radius 1 is 1.14 bits per heavy atom. The van der Waals surface area contributed by atoms with E-state index < -0.39 is 0 Å². The molecule has 2 aromatic rings. The molecule has 109 valence electrons. The second-order valence-corrected chi connectivity index (χ2v) is 4.97. The molecule has 1 fully saturated rings. The van der Waals surface area contributed by atoms with Crippen LogP contribution in [-0.2, 0) is 11.3 Å². The zero-order chi connectivity index (χ0) is 14.5. The van der Waals surface area contributed by atoms with Crippen LogP contribution in [0.15, 0.2) is 48.8 Å². The predicted octanol–water partition coefficient (Wildman–Crippen LogP) is 1.88. The Hall–Kier alpha value is -2.43. The topological polar surface area (TPSA) is 37.7 Å². The highest BCUT2D eigenvalue weighted by atomic mass is 16.6. The molecule has 2 heterocycles. The number of carbonyl (C=O) groups is 1. The van der Waals surface area contributed by atoms with Crippen molar-refractivity contribution in [2.75, 3.05) is 31.2 Å². The van der Waals surface area contributed by atoms with Crippen LogP contribution in [0.5, 0.6) is 0 Å². The van der Waals surface area contributed by atoms with Crippen molar-refractivity contribution < 1.29 is 9.53 Å². The van der Waals surface area contributed by atoms with Crippen molar-refractivity contribution >= 4 is 6.09 Å². The van der Waals surface area contributed by atoms with E-state index in [1.54, 1.807) is 4.90 Å². The van der Waals surface area contributed by atoms with E-state index in [2.05, 4.69) is 11.1 Å². The van der Waals surface area contributed by atoms with E-state index in [1.165, 1.54) is 0 Å². The van der Waals surface area contributed by atoms with Crippen molar-refractivity contribution in [2.24, 2.45) is 0 Å². The maximum Gasteiger partial charge on any atom is 0.410 e. The summed E-state index contributed by atoms with van der Waals surface area (Å²) >= 11 is 0. The molecular weight excluding hydrogens is 266 g/mol. The van der Waals surface area contributed by atoms with Gasteiger partial charge >= 0.3 is 6.09 Å². The fourth-order valence-electron chi connectivity index (χ4n) is 2.38. The summed E-state index contributed by atoms with van der Waals surface area (Å²) in [4.78, 5) is 13.8. The van der Waals surface area contributed by atoms with Crippen LogP contribution in [0.25, 0.3) is 0 Å². The largest absolute Gasteiger partial charge is 0.445 e. The fourth-order valence-corrected chi connectivity index (χ4v) is 2.38. The molecule has 1 aromatic heterocycles. The molecule has 21 heavy (non-hydrogen) atoms. The zero-order valence-corrected chi connectivity index (χ0v) is 11.8. The summed E-state index contributed by atoms with van der Waals surface area (Å²) < 4.78 is 7.36. The van der Waals surface area contributed by atoms with Gasteiger partial charge in [-0.25, -0.2) is 4.79 Å². The number of benzene rings is 1. The van der Waals surface area contributed by atoms with Gasteiger partial charge in [0.2, 0.25) is 0 Å². The highest BCUT2D eigenvalue weighted by molar-refractivity contribution is 5.67. The molecule has 0 saturated carbocycles. The van der Waals surface area contributed by atoms with Crippen LogP contribution in [0.4, 0.5) is 4.79 Å². The highest BCUT2D eigenvalue weighted by Crippen LogP contribution is 2.07. The summed E-state index contributed by atoms with van der Waals surface area (Å²) in [5, 5.41) is 2.18. The standard InChI is InChI=1S/C16H18N3O2/c20-16(21-14-15-6-2-1-3-7-15)17-10-12-19(13-11-17)18-8-4-5-9-18/h1-4,6-9H,10-14H2. The molecule has 0 spiro atoms. The highest BCUT2D eigenvalue weighted by Gasteiger charge is 2.22. The SMILES string of the molecule is O=C(OCc1ccccc1)N1CCN(n2c[c]cc2)CC1. The number of amides is 1. The van der Waals surface area contributed by atoms with Crippen LogP contribution in [0.2, 0.25) is 0 Å². The van der Waals surface area contributed by atoms with Crippen molar-refractivity contribution in [3.63, 3.8) is 0 Å². The zero-order valence-electron chi connectivity index (χ0n) is 11.8. The molecule has 0 aliphatic carbocycles. The van der Waals surface area contributed by atoms with Gasteiger partial charge in [-0.1, -0.05) is 30.3 Å². The summed E-state index contributed by atoms with van der Waals surface area (Å²) in [5.74, 6) is 0. The van der Waals surface area contributed by atoms with E-state index in [0.29, 0.717) is 19.7 Å². The quantitative estimate of drug-likeness (QED) is 0.863. The lowest BCUT2D eigenvalue weighted by Gasteiger charge is -2.35. The Balaban J connectivity index is 1.47. The van der Waals surface area contributed by atoms with Crippen molar-refractivity contribution in [3.8, 4) is 0 Å². The smallest absolute Gasteiger partial charge is 0.410 e. The summed E-state index contributed by atoms with van der Waals surface area (Å²) in [5.41, 5.74) is 1.01. The average molecular weight is 284 g/mol. The Morgan fingerprint density at radius 3 is 2.57 bits per heavy atom. The number of ether oxygens (including phenoxy) is 1. The number of aromatic nitrogens is 1. The first kappa shape index (κ1) is 13.5. The lowest BCUT2D eigenvalue weighted by atomic mass is 10.2. The minimum Gasteiger partial charge on any atom is -0.445 e. The number of hydrogen-bond donors (Lipinski definition) is 0. The van der Waals surface area contributed by atoms with Gasteiger partial charge in [0.05, 0.1) is 13.1 Å². The number of piperazine rings is 1. The molecule has 1 saturated heterocycles. The minimum absolute atomic E-state index is 0.238. The molecule has 0 unspecified atom stereocenters. The van der Waals surface area contributed by atoms with Crippen LogP contribution >= 0.6 is 0 Å². The van der Waals surface area contributed by atoms with Gasteiger partial charge < -0.3 is 14.6 Å². The van der Waals surface area contributed by atoms with Crippen LogP contribution in [-0.4, -0.2) is 41.8 Å². The molecule has 1 amide bonds. The molecule has 1 radical (unpaired) electrons. The van der Waals surface area contributed by atoms with Crippen molar-refractivity contribution in [1.82, 2.24) is 9.58 Å². The Labute approximate surface area is 124 Å². The van der Waals surface area contributed by atoms with Gasteiger partial charge in [0.25, 0.3) is 0 Å². The predicted molar refractivity (Wildman–Crippen MR) is 79.4 cm³/mol. The van der Waals surface area contributed by atoms with Gasteiger partial charge in [-0.3, -0.25) is 4.68 Å². The Morgan fingerprint density at radius 2 is 1.90 bits per heavy atom. The summed E-state index contributed by atoms with van der Waals surface area (Å²) in [6.45, 7) is 3.26. The Bertz CT molecular complexity index is 560. The maximum atomic E-state index is 12.0. The third-order valence-corrected chi connectivity index (χ3v) is 3.58. The van der Waals surface area contributed by atoms with E-state index >= 15 is 0 Å². The van der Waals surface area contributed by atoms with Crippen LogP contribution < -0.4 is 5.01 Å². The van der Waals surface area contributed by atoms with Crippen molar-refractivity contribution in [2.45, 2.75) is 6.61 Å². The van der Waals surface area contributed by atoms with Crippen LogP contribution in [0.1, 0.15) is 5.56 Å². The first-order valence-electron chi connectivity index (χ1n) is 7.08. The van der Waals surface area contributed by atoms with Gasteiger partial charge in [0.1, 0.15) is 6.61 Å². The number of nitrogens with zero attached hydrogens (tertiary/aromatic N) is 3. The molecule has 0 atom stereocenters. The first-order valence-corrected chi connectivity index (χ1v) is 7.08. The molecule has 0 bridgehead atoms. The van der Waals surface area contributed by atoms with Gasteiger partial charge in [0, 0.05) is 31.5 Å². The van der Waals surface area contributed by atoms with Gasteiger partial charge in [-0.15, -0.1) is 0 Å². The normalized spacial score (nSPS) is 15.0. The van der Waals surface area contributed by atoms with E-state index in [1.807, 2.05) is 53.5 Å². The van der Waals surface area contributed by atoms with Gasteiger partial charge in [-0.2, -0.15) is 0 Å². The molecule has 5 heteroatoms. The molecule has 5 nitrogen and oxygen atoms in total. The average Bonchev–Trinajstić information content (AvgIpc) is 3.08. The molecule has 1 aromatic carbocycles. The number of hydrogen-bond acceptors (Lipinski definition) is 3. The molecule has 3 rings (SSSR count). The maximum absolute atomic E-state index is 12.0. The molecule has 0 N–H and O–H groups in total. The second kappa shape index (κ2) is 6.35. The Kier molecular flexibility index (Phi) is 4.09. The lowest BCUT2D eigenvalue weighted by Crippen LogP contribution is -2.52. The van der Waals surface area contributed by atoms with Gasteiger partial charge in [-0.05, 0) is 11.6 Å². The van der Waals surface area contributed by atoms with Crippen molar-refractivity contribution in [3.05, 3.63) is 60.4 Å². The van der Waals surface area contributed by atoms with Gasteiger partial charge in [0.15, 0.2) is 0 Å². The van der Waals surface area contributed by atoms with E-state index in [4.69, 9.17) is 4.74 Å². The van der Waals surface area contributed by atoms with Crippen molar-refractivity contribution in [1.29, 1.82) is 0 Å². The minimum atomic E-state index is -0.238. The molecular formula is C16H18N3O2. The number of rotatable bonds is 3. The third kappa shape index (κ3) is 3.37. The summed E-state index contributed by atoms with van der Waals surface area (Å²) in [6.07, 6.45) is 3.62. The summed E-state index contributed by atoms with van der Waals surface area (Å²) in [7, 11) is 0. The van der Waals surface area contributed by atoms with Crippen LogP contribution in [0.3, 0.4) is 0 Å². The molecule has 1 aliphatic rings. The first-order chi connectivity index (χ1) is 10.3. The van der Waals surface area contributed by atoms with E-state index in [9.17, 15) is 4.79 Å². The fraction of sp³-hybridized carbons (Fsp3) is 0.312. The lowest BCUT2D eigenvalue weighted by molar-refractivity contribution is 0.0923. The summed E-state index contributed by atoms with van der Waals surface area (Å²) in [6, 6.07) is 14.6. The second-order valence-electron chi connectivity index (χ2n) is 4.97. The van der Waals surface area contributed by atoms with E-state index in [0.717, 1.165) is 18.7 Å². The molecule has 1 aliphatic heterocycles.